The zero-order valence-electron chi connectivity index (χ0n) is 11.6. The maximum Gasteiger partial charge on any atom is 0.136 e. The Bertz CT molecular complexity index is 251. The smallest absolute Gasteiger partial charge is 0.136 e. The predicted molar refractivity (Wildman–Crippen MR) is 67.6 cm³/mol. The normalized spacial score (nSPS) is 29.4. The first-order valence-electron chi connectivity index (χ1n) is 6.19. The number of carbonyl (C=O) groups excluding carboxylic acids is 1. The standard InChI is InChI=1S/C13H26N2O/c1-10-7-15(8-11(2)14(10)6)9-13(4,5)12(3)16/h10-11H,7-9H2,1-6H3. The van der Waals surface area contributed by atoms with Gasteiger partial charge in [0.2, 0.25) is 0 Å². The number of carbonyl (C=O) groups is 1. The zero-order chi connectivity index (χ0) is 12.5. The molecule has 0 bridgehead atoms. The third kappa shape index (κ3) is 3.05. The molecule has 16 heavy (non-hydrogen) atoms. The van der Waals surface area contributed by atoms with Crippen molar-refractivity contribution in [1.29, 1.82) is 0 Å². The van der Waals surface area contributed by atoms with Crippen LogP contribution in [0.4, 0.5) is 0 Å². The average molecular weight is 226 g/mol. The van der Waals surface area contributed by atoms with Crippen molar-refractivity contribution in [3.63, 3.8) is 0 Å². The summed E-state index contributed by atoms with van der Waals surface area (Å²) in [6.45, 7) is 13.3. The van der Waals surface area contributed by atoms with Crippen molar-refractivity contribution in [3.05, 3.63) is 0 Å². The van der Waals surface area contributed by atoms with Gasteiger partial charge in [-0.15, -0.1) is 0 Å². The fourth-order valence-electron chi connectivity index (χ4n) is 2.31. The highest BCUT2D eigenvalue weighted by atomic mass is 16.1. The summed E-state index contributed by atoms with van der Waals surface area (Å²) in [4.78, 5) is 16.4. The summed E-state index contributed by atoms with van der Waals surface area (Å²) >= 11 is 0. The molecule has 0 amide bonds. The number of rotatable bonds is 3. The Kier molecular flexibility index (Phi) is 4.13. The van der Waals surface area contributed by atoms with Crippen LogP contribution in [0, 0.1) is 5.41 Å². The second kappa shape index (κ2) is 4.84. The van der Waals surface area contributed by atoms with E-state index in [0.717, 1.165) is 19.6 Å². The second-order valence-electron chi connectivity index (χ2n) is 6.00. The SMILES string of the molecule is CC(=O)C(C)(C)CN1CC(C)N(C)C(C)C1. The van der Waals surface area contributed by atoms with Crippen molar-refractivity contribution in [2.45, 2.75) is 46.7 Å². The minimum atomic E-state index is -0.213. The molecule has 94 valence electrons. The van der Waals surface area contributed by atoms with E-state index in [-0.39, 0.29) is 11.2 Å². The molecule has 1 aliphatic heterocycles. The van der Waals surface area contributed by atoms with Crippen LogP contribution in [0.3, 0.4) is 0 Å². The molecule has 2 atom stereocenters. The lowest BCUT2D eigenvalue weighted by molar-refractivity contribution is -0.126. The highest BCUT2D eigenvalue weighted by Gasteiger charge is 2.32. The molecule has 0 spiro atoms. The second-order valence-corrected chi connectivity index (χ2v) is 6.00. The maximum atomic E-state index is 11.5. The highest BCUT2D eigenvalue weighted by Crippen LogP contribution is 2.21. The molecule has 3 nitrogen and oxygen atoms in total. The van der Waals surface area contributed by atoms with E-state index in [9.17, 15) is 4.79 Å². The van der Waals surface area contributed by atoms with E-state index in [1.165, 1.54) is 0 Å². The first kappa shape index (κ1) is 13.7. The van der Waals surface area contributed by atoms with Crippen LogP contribution in [0.2, 0.25) is 0 Å². The Balaban J connectivity index is 2.60. The number of hydrogen-bond donors (Lipinski definition) is 0. The topological polar surface area (TPSA) is 23.6 Å². The number of hydrogen-bond acceptors (Lipinski definition) is 3. The number of piperazine rings is 1. The molecule has 1 heterocycles. The van der Waals surface area contributed by atoms with Gasteiger partial charge in [0, 0.05) is 37.1 Å². The molecular weight excluding hydrogens is 200 g/mol. The van der Waals surface area contributed by atoms with Crippen molar-refractivity contribution in [2.24, 2.45) is 5.41 Å². The van der Waals surface area contributed by atoms with Crippen molar-refractivity contribution in [2.75, 3.05) is 26.7 Å². The third-order valence-corrected chi connectivity index (χ3v) is 4.01. The Morgan fingerprint density at radius 1 is 1.25 bits per heavy atom. The average Bonchev–Trinajstić information content (AvgIpc) is 2.13. The van der Waals surface area contributed by atoms with Crippen molar-refractivity contribution in [3.8, 4) is 0 Å². The summed E-state index contributed by atoms with van der Waals surface area (Å²) in [5.74, 6) is 0.284. The van der Waals surface area contributed by atoms with Gasteiger partial charge < -0.3 is 0 Å². The zero-order valence-corrected chi connectivity index (χ0v) is 11.6. The Labute approximate surface area is 99.8 Å². The Morgan fingerprint density at radius 3 is 2.06 bits per heavy atom. The predicted octanol–water partition coefficient (Wildman–Crippen LogP) is 1.63. The molecular formula is C13H26N2O. The summed E-state index contributed by atoms with van der Waals surface area (Å²) in [5, 5.41) is 0. The summed E-state index contributed by atoms with van der Waals surface area (Å²) in [5.41, 5.74) is -0.213. The van der Waals surface area contributed by atoms with Gasteiger partial charge in [0.1, 0.15) is 5.78 Å². The molecule has 1 aliphatic rings. The van der Waals surface area contributed by atoms with E-state index in [1.807, 2.05) is 13.8 Å². The Hall–Kier alpha value is -0.410. The van der Waals surface area contributed by atoms with Crippen LogP contribution in [-0.2, 0) is 4.79 Å². The molecule has 0 radical (unpaired) electrons. The third-order valence-electron chi connectivity index (χ3n) is 4.01. The maximum absolute atomic E-state index is 11.5. The largest absolute Gasteiger partial charge is 0.299 e. The van der Waals surface area contributed by atoms with Crippen LogP contribution in [0.25, 0.3) is 0 Å². The van der Waals surface area contributed by atoms with Crippen molar-refractivity contribution in [1.82, 2.24) is 9.80 Å². The monoisotopic (exact) mass is 226 g/mol. The lowest BCUT2D eigenvalue weighted by Gasteiger charge is -2.44. The molecule has 0 aliphatic carbocycles. The van der Waals surface area contributed by atoms with E-state index < -0.39 is 0 Å². The molecule has 1 saturated heterocycles. The lowest BCUT2D eigenvalue weighted by atomic mass is 9.87. The summed E-state index contributed by atoms with van der Waals surface area (Å²) < 4.78 is 0. The number of ketones is 1. The van der Waals surface area contributed by atoms with Gasteiger partial charge in [-0.25, -0.2) is 0 Å². The van der Waals surface area contributed by atoms with Crippen molar-refractivity contribution < 1.29 is 4.79 Å². The molecule has 1 fully saturated rings. The summed E-state index contributed by atoms with van der Waals surface area (Å²) in [6.07, 6.45) is 0. The van der Waals surface area contributed by atoms with Crippen LogP contribution in [0.5, 0.6) is 0 Å². The van der Waals surface area contributed by atoms with E-state index in [2.05, 4.69) is 30.7 Å². The molecule has 0 aromatic carbocycles. The van der Waals surface area contributed by atoms with Crippen LogP contribution in [0.1, 0.15) is 34.6 Å². The highest BCUT2D eigenvalue weighted by molar-refractivity contribution is 5.81. The fourth-order valence-corrected chi connectivity index (χ4v) is 2.31. The number of nitrogens with zero attached hydrogens (tertiary/aromatic N) is 2. The van der Waals surface area contributed by atoms with E-state index in [4.69, 9.17) is 0 Å². The molecule has 1 rings (SSSR count). The molecule has 3 heteroatoms. The van der Waals surface area contributed by atoms with E-state index in [0.29, 0.717) is 12.1 Å². The van der Waals surface area contributed by atoms with Gasteiger partial charge in [-0.05, 0) is 27.8 Å². The van der Waals surface area contributed by atoms with Gasteiger partial charge in [0.05, 0.1) is 0 Å². The van der Waals surface area contributed by atoms with Gasteiger partial charge in [-0.2, -0.15) is 0 Å². The minimum absolute atomic E-state index is 0.213. The van der Waals surface area contributed by atoms with Crippen LogP contribution < -0.4 is 0 Å². The molecule has 0 aromatic heterocycles. The summed E-state index contributed by atoms with van der Waals surface area (Å²) in [6, 6.07) is 1.15. The number of Topliss-reactive ketones (excluding diaryl/α,β-unsaturated/α-hetero) is 1. The first-order valence-corrected chi connectivity index (χ1v) is 6.19. The summed E-state index contributed by atoms with van der Waals surface area (Å²) in [7, 11) is 2.18. The van der Waals surface area contributed by atoms with Crippen LogP contribution >= 0.6 is 0 Å². The lowest BCUT2D eigenvalue weighted by Crippen LogP contribution is -2.56. The van der Waals surface area contributed by atoms with Gasteiger partial charge in [-0.1, -0.05) is 13.8 Å². The molecule has 2 unspecified atom stereocenters. The molecule has 0 N–H and O–H groups in total. The van der Waals surface area contributed by atoms with Crippen molar-refractivity contribution >= 4 is 5.78 Å². The van der Waals surface area contributed by atoms with Gasteiger partial charge in [0.15, 0.2) is 0 Å². The molecule has 0 aromatic rings. The van der Waals surface area contributed by atoms with Crippen LogP contribution in [0.15, 0.2) is 0 Å². The fraction of sp³-hybridized carbons (Fsp3) is 0.923. The number of likely N-dealkylation sites (N-methyl/N-ethyl adjacent to an activating group) is 1. The van der Waals surface area contributed by atoms with E-state index in [1.54, 1.807) is 6.92 Å². The van der Waals surface area contributed by atoms with Crippen LogP contribution in [-0.4, -0.2) is 54.3 Å². The van der Waals surface area contributed by atoms with E-state index >= 15 is 0 Å². The molecule has 0 saturated carbocycles. The quantitative estimate of drug-likeness (QED) is 0.731. The van der Waals surface area contributed by atoms with Gasteiger partial charge in [-0.3, -0.25) is 14.6 Å². The van der Waals surface area contributed by atoms with Gasteiger partial charge in [0.25, 0.3) is 0 Å². The minimum Gasteiger partial charge on any atom is -0.299 e. The van der Waals surface area contributed by atoms with Gasteiger partial charge >= 0.3 is 0 Å². The Morgan fingerprint density at radius 2 is 1.69 bits per heavy atom. The first-order chi connectivity index (χ1) is 7.24.